The lowest BCUT2D eigenvalue weighted by Gasteiger charge is -2.17. The van der Waals surface area contributed by atoms with Crippen LogP contribution in [0.1, 0.15) is 38.8 Å². The Kier molecular flexibility index (Phi) is 7.25. The summed E-state index contributed by atoms with van der Waals surface area (Å²) >= 11 is 0. The molecule has 0 aromatic heterocycles. The Morgan fingerprint density at radius 1 is 0.897 bits per heavy atom. The summed E-state index contributed by atoms with van der Waals surface area (Å²) in [4.78, 5) is 24.5. The van der Waals surface area contributed by atoms with Crippen LogP contribution in [-0.2, 0) is 9.47 Å². The summed E-state index contributed by atoms with van der Waals surface area (Å²) in [5.74, 6) is 0.522. The number of esters is 2. The van der Waals surface area contributed by atoms with Gasteiger partial charge in [0.25, 0.3) is 0 Å². The van der Waals surface area contributed by atoms with Gasteiger partial charge in [-0.05, 0) is 32.9 Å². The summed E-state index contributed by atoms with van der Waals surface area (Å²) in [6.45, 7) is 8.83. The first-order valence-electron chi connectivity index (χ1n) is 8.90. The molecular weight excluding hydrogens is 376 g/mol. The molecule has 7 heteroatoms. The van der Waals surface area contributed by atoms with Crippen molar-refractivity contribution < 1.29 is 33.3 Å². The van der Waals surface area contributed by atoms with Gasteiger partial charge in [0.05, 0.1) is 38.2 Å². The summed E-state index contributed by atoms with van der Waals surface area (Å²) in [6, 6.07) is 6.43. The van der Waals surface area contributed by atoms with Crippen molar-refractivity contribution in [2.24, 2.45) is 0 Å². The minimum absolute atomic E-state index is 0.245. The van der Waals surface area contributed by atoms with Crippen molar-refractivity contribution in [3.05, 3.63) is 59.4 Å². The summed E-state index contributed by atoms with van der Waals surface area (Å²) in [7, 11) is 2.97. The van der Waals surface area contributed by atoms with Crippen molar-refractivity contribution in [2.45, 2.75) is 20.8 Å². The highest BCUT2D eigenvalue weighted by molar-refractivity contribution is 5.93. The van der Waals surface area contributed by atoms with Gasteiger partial charge in [-0.2, -0.15) is 0 Å². The maximum absolute atomic E-state index is 12.3. The van der Waals surface area contributed by atoms with Crippen LogP contribution in [-0.4, -0.2) is 32.8 Å². The van der Waals surface area contributed by atoms with Crippen LogP contribution in [0.3, 0.4) is 0 Å². The molecule has 0 saturated heterocycles. The second kappa shape index (κ2) is 9.64. The predicted octanol–water partition coefficient (Wildman–Crippen LogP) is 4.59. The van der Waals surface area contributed by atoms with Gasteiger partial charge in [-0.1, -0.05) is 6.58 Å². The van der Waals surface area contributed by atoms with E-state index in [9.17, 15) is 9.59 Å². The predicted molar refractivity (Wildman–Crippen MR) is 107 cm³/mol. The van der Waals surface area contributed by atoms with Crippen LogP contribution < -0.4 is 14.2 Å². The van der Waals surface area contributed by atoms with E-state index in [1.54, 1.807) is 45.0 Å². The Balaban J connectivity index is 2.57. The van der Waals surface area contributed by atoms with Crippen LogP contribution in [0.5, 0.6) is 23.0 Å². The monoisotopic (exact) mass is 400 g/mol. The van der Waals surface area contributed by atoms with Crippen molar-refractivity contribution in [2.75, 3.05) is 20.8 Å². The maximum Gasteiger partial charge on any atom is 0.343 e. The average molecular weight is 400 g/mol. The van der Waals surface area contributed by atoms with Gasteiger partial charge in [-0.15, -0.1) is 0 Å². The fourth-order valence-corrected chi connectivity index (χ4v) is 2.66. The van der Waals surface area contributed by atoms with E-state index < -0.39 is 11.9 Å². The molecular formula is C22H24O7. The standard InChI is InChI=1S/C22H24O7/c1-7-27-21(23)17-9-15(25-5)11-19(13(17)3)29-20-12-16(26-6)10-18(14(20)4)22(24)28-8-2/h7,9-12H,1,8H2,2-6H3. The lowest BCUT2D eigenvalue weighted by Crippen LogP contribution is -2.09. The van der Waals surface area contributed by atoms with Gasteiger partial charge >= 0.3 is 11.9 Å². The molecule has 0 aliphatic rings. The number of hydrogen-bond donors (Lipinski definition) is 0. The molecule has 0 saturated carbocycles. The number of rotatable bonds is 8. The molecule has 0 amide bonds. The Morgan fingerprint density at radius 3 is 1.79 bits per heavy atom. The molecule has 0 atom stereocenters. The Morgan fingerprint density at radius 2 is 1.38 bits per heavy atom. The van der Waals surface area contributed by atoms with E-state index in [4.69, 9.17) is 23.7 Å². The SMILES string of the molecule is C=COC(=O)c1cc(OC)cc(Oc2cc(OC)cc(C(=O)OCC)c2C)c1C. The number of ether oxygens (including phenoxy) is 5. The lowest BCUT2D eigenvalue weighted by atomic mass is 10.1. The van der Waals surface area contributed by atoms with Crippen LogP contribution in [0.25, 0.3) is 0 Å². The van der Waals surface area contributed by atoms with E-state index in [2.05, 4.69) is 6.58 Å². The van der Waals surface area contributed by atoms with Gasteiger partial charge in [0.1, 0.15) is 23.0 Å². The fraction of sp³-hybridized carbons (Fsp3) is 0.273. The highest BCUT2D eigenvalue weighted by Crippen LogP contribution is 2.36. The molecule has 0 fully saturated rings. The first-order valence-corrected chi connectivity index (χ1v) is 8.90. The van der Waals surface area contributed by atoms with Gasteiger partial charge in [-0.25, -0.2) is 9.59 Å². The van der Waals surface area contributed by atoms with Crippen molar-refractivity contribution in [1.29, 1.82) is 0 Å². The molecule has 0 unspecified atom stereocenters. The molecule has 0 spiro atoms. The summed E-state index contributed by atoms with van der Waals surface area (Å²) in [6.07, 6.45) is 1.06. The van der Waals surface area contributed by atoms with Crippen molar-refractivity contribution in [3.8, 4) is 23.0 Å². The zero-order chi connectivity index (χ0) is 21.6. The largest absolute Gasteiger partial charge is 0.497 e. The fourth-order valence-electron chi connectivity index (χ4n) is 2.66. The molecule has 0 bridgehead atoms. The smallest absolute Gasteiger partial charge is 0.343 e. The van der Waals surface area contributed by atoms with E-state index in [1.165, 1.54) is 14.2 Å². The zero-order valence-corrected chi connectivity index (χ0v) is 17.2. The summed E-state index contributed by atoms with van der Waals surface area (Å²) < 4.78 is 26.6. The Hall–Kier alpha value is -3.48. The number of benzene rings is 2. The first-order chi connectivity index (χ1) is 13.9. The highest BCUT2D eigenvalue weighted by Gasteiger charge is 2.20. The first kappa shape index (κ1) is 21.8. The van der Waals surface area contributed by atoms with Gasteiger partial charge in [0.15, 0.2) is 0 Å². The van der Waals surface area contributed by atoms with Crippen molar-refractivity contribution >= 4 is 11.9 Å². The molecule has 2 aromatic rings. The summed E-state index contributed by atoms with van der Waals surface area (Å²) in [5, 5.41) is 0. The third-order valence-corrected chi connectivity index (χ3v) is 4.26. The molecule has 29 heavy (non-hydrogen) atoms. The normalized spacial score (nSPS) is 10.1. The lowest BCUT2D eigenvalue weighted by molar-refractivity contribution is 0.0524. The molecule has 0 aliphatic carbocycles. The van der Waals surface area contributed by atoms with Crippen LogP contribution in [0, 0.1) is 13.8 Å². The Bertz CT molecular complexity index is 931. The third kappa shape index (κ3) is 4.87. The molecule has 0 aliphatic heterocycles. The van der Waals surface area contributed by atoms with Gasteiger partial charge < -0.3 is 23.7 Å². The number of hydrogen-bond acceptors (Lipinski definition) is 7. The number of carbonyl (C=O) groups excluding carboxylic acids is 2. The third-order valence-electron chi connectivity index (χ3n) is 4.26. The van der Waals surface area contributed by atoms with E-state index in [0.29, 0.717) is 39.7 Å². The quantitative estimate of drug-likeness (QED) is 0.473. The van der Waals surface area contributed by atoms with Gasteiger partial charge in [0, 0.05) is 23.3 Å². The van der Waals surface area contributed by atoms with E-state index in [-0.39, 0.29) is 12.2 Å². The van der Waals surface area contributed by atoms with Crippen molar-refractivity contribution in [3.63, 3.8) is 0 Å². The van der Waals surface area contributed by atoms with E-state index >= 15 is 0 Å². The van der Waals surface area contributed by atoms with Crippen molar-refractivity contribution in [1.82, 2.24) is 0 Å². The number of methoxy groups -OCH3 is 2. The minimum atomic E-state index is -0.587. The van der Waals surface area contributed by atoms with E-state index in [1.807, 2.05) is 0 Å². The molecule has 154 valence electrons. The average Bonchev–Trinajstić information content (AvgIpc) is 2.71. The van der Waals surface area contributed by atoms with Gasteiger partial charge in [0.2, 0.25) is 0 Å². The molecule has 2 aromatic carbocycles. The van der Waals surface area contributed by atoms with Crippen LogP contribution in [0.15, 0.2) is 37.1 Å². The highest BCUT2D eigenvalue weighted by atomic mass is 16.5. The topological polar surface area (TPSA) is 80.3 Å². The molecule has 0 radical (unpaired) electrons. The summed E-state index contributed by atoms with van der Waals surface area (Å²) in [5.41, 5.74) is 1.71. The van der Waals surface area contributed by atoms with Crippen LogP contribution >= 0.6 is 0 Å². The maximum atomic E-state index is 12.3. The minimum Gasteiger partial charge on any atom is -0.497 e. The molecule has 2 rings (SSSR count). The van der Waals surface area contributed by atoms with Gasteiger partial charge in [-0.3, -0.25) is 0 Å². The second-order valence-electron chi connectivity index (χ2n) is 5.99. The molecule has 0 N–H and O–H groups in total. The van der Waals surface area contributed by atoms with E-state index in [0.717, 1.165) is 6.26 Å². The molecule has 7 nitrogen and oxygen atoms in total. The number of carbonyl (C=O) groups is 2. The second-order valence-corrected chi connectivity index (χ2v) is 5.99. The zero-order valence-electron chi connectivity index (χ0n) is 17.2. The molecule has 0 heterocycles. The van der Waals surface area contributed by atoms with Crippen LogP contribution in [0.4, 0.5) is 0 Å². The Labute approximate surface area is 169 Å². The van der Waals surface area contributed by atoms with Crippen LogP contribution in [0.2, 0.25) is 0 Å².